The van der Waals surface area contributed by atoms with Gasteiger partial charge < -0.3 is 4.90 Å². The van der Waals surface area contributed by atoms with Crippen molar-refractivity contribution in [3.63, 3.8) is 0 Å². The van der Waals surface area contributed by atoms with Gasteiger partial charge in [-0.3, -0.25) is 0 Å². The lowest BCUT2D eigenvalue weighted by atomic mass is 9.76. The van der Waals surface area contributed by atoms with Crippen molar-refractivity contribution in [1.29, 1.82) is 0 Å². The molecule has 2 atom stereocenters. The van der Waals surface area contributed by atoms with Crippen LogP contribution in [0.25, 0.3) is 54.2 Å². The van der Waals surface area contributed by atoms with E-state index in [1.807, 2.05) is 11.3 Å². The van der Waals surface area contributed by atoms with Crippen LogP contribution in [0.3, 0.4) is 0 Å². The summed E-state index contributed by atoms with van der Waals surface area (Å²) in [5, 5.41) is 1.38. The monoisotopic (exact) mass is 630 g/mol. The Morgan fingerprint density at radius 1 is 0.500 bits per heavy atom. The maximum absolute atomic E-state index is 5.27. The van der Waals surface area contributed by atoms with Gasteiger partial charge in [0.15, 0.2) is 0 Å². The molecule has 8 aromatic rings. The molecule has 0 fully saturated rings. The number of pyridine rings is 1. The topological polar surface area (TPSA) is 16.1 Å². The molecule has 2 aliphatic rings. The molecule has 0 amide bonds. The Morgan fingerprint density at radius 3 is 1.98 bits per heavy atom. The fourth-order valence-corrected chi connectivity index (χ4v) is 9.25. The summed E-state index contributed by atoms with van der Waals surface area (Å²) < 4.78 is 1.36. The number of benzene rings is 6. The van der Waals surface area contributed by atoms with Gasteiger partial charge in [-0.05, 0) is 75.2 Å². The third-order valence-electron chi connectivity index (χ3n) is 10.0. The highest BCUT2D eigenvalue weighted by atomic mass is 32.1. The molecular weight excluding hydrogens is 601 g/mol. The molecule has 0 saturated heterocycles. The molecular formula is C45H30N2S. The Balaban J connectivity index is 1.17. The van der Waals surface area contributed by atoms with E-state index in [0.29, 0.717) is 0 Å². The first kappa shape index (κ1) is 27.4. The van der Waals surface area contributed by atoms with Crippen molar-refractivity contribution >= 4 is 32.8 Å². The van der Waals surface area contributed by atoms with Gasteiger partial charge >= 0.3 is 0 Å². The van der Waals surface area contributed by atoms with E-state index in [1.54, 1.807) is 0 Å². The third-order valence-corrected chi connectivity index (χ3v) is 11.2. The van der Waals surface area contributed by atoms with Crippen LogP contribution in [-0.2, 0) is 0 Å². The summed E-state index contributed by atoms with van der Waals surface area (Å²) in [6, 6.07) is 61.8. The predicted molar refractivity (Wildman–Crippen MR) is 201 cm³/mol. The second-order valence-corrected chi connectivity index (χ2v) is 13.7. The number of aromatic nitrogens is 1. The Bertz CT molecular complexity index is 2420. The van der Waals surface area contributed by atoms with Gasteiger partial charge in [0.1, 0.15) is 0 Å². The average molecular weight is 631 g/mol. The Labute approximate surface area is 284 Å². The quantitative estimate of drug-likeness (QED) is 0.192. The van der Waals surface area contributed by atoms with Crippen molar-refractivity contribution in [2.75, 3.05) is 4.90 Å². The highest BCUT2D eigenvalue weighted by Gasteiger charge is 2.46. The summed E-state index contributed by atoms with van der Waals surface area (Å²) in [6.07, 6.45) is 0. The molecule has 2 unspecified atom stereocenters. The summed E-state index contributed by atoms with van der Waals surface area (Å²) in [5.41, 5.74) is 14.6. The molecule has 1 aliphatic carbocycles. The molecule has 0 bridgehead atoms. The smallest absolute Gasteiger partial charge is 0.0716 e. The van der Waals surface area contributed by atoms with Crippen LogP contribution in [0.5, 0.6) is 0 Å². The van der Waals surface area contributed by atoms with Gasteiger partial charge in [-0.2, -0.15) is 0 Å². The lowest BCUT2D eigenvalue weighted by Crippen LogP contribution is -2.25. The zero-order chi connectivity index (χ0) is 31.6. The van der Waals surface area contributed by atoms with Gasteiger partial charge in [0.05, 0.1) is 17.4 Å². The van der Waals surface area contributed by atoms with Crippen molar-refractivity contribution in [3.05, 3.63) is 187 Å². The number of nitrogens with zero attached hydrogens (tertiary/aromatic N) is 2. The van der Waals surface area contributed by atoms with E-state index in [0.717, 1.165) is 28.1 Å². The Kier molecular flexibility index (Phi) is 6.21. The van der Waals surface area contributed by atoms with Gasteiger partial charge in [0.2, 0.25) is 0 Å². The van der Waals surface area contributed by atoms with E-state index in [4.69, 9.17) is 4.98 Å². The fraction of sp³-hybridized carbons (Fsp3) is 0.0444. The van der Waals surface area contributed by atoms with Crippen LogP contribution >= 0.6 is 11.3 Å². The first-order chi connectivity index (χ1) is 23.8. The van der Waals surface area contributed by atoms with Crippen molar-refractivity contribution in [2.45, 2.75) is 12.0 Å². The molecule has 48 heavy (non-hydrogen) atoms. The van der Waals surface area contributed by atoms with Gasteiger partial charge in [-0.15, -0.1) is 11.3 Å². The van der Waals surface area contributed by atoms with Crippen LogP contribution < -0.4 is 4.90 Å². The molecule has 10 rings (SSSR count). The van der Waals surface area contributed by atoms with Gasteiger partial charge in [0.25, 0.3) is 0 Å². The standard InChI is InChI=1S/C45H30N2S/c1-3-14-29(15-4-1)32-27-38(30-16-5-2-6-17-30)46-39(28-32)31-18-13-19-33(26-31)47-40-24-11-9-22-36(40)42-43-37-23-10-12-25-41(37)48-45(43)35-21-8-7-20-34(35)44(42)47/h1-28,42,44H. The normalized spacial score (nSPS) is 15.9. The van der Waals surface area contributed by atoms with Crippen molar-refractivity contribution in [1.82, 2.24) is 4.98 Å². The number of anilines is 2. The van der Waals surface area contributed by atoms with E-state index in [-0.39, 0.29) is 12.0 Å². The zero-order valence-corrected chi connectivity index (χ0v) is 26.9. The molecule has 6 aromatic carbocycles. The Hall–Kier alpha value is -5.77. The third kappa shape index (κ3) is 4.21. The molecule has 0 N–H and O–H groups in total. The van der Waals surface area contributed by atoms with Crippen molar-refractivity contribution in [2.24, 2.45) is 0 Å². The Morgan fingerprint density at radius 2 is 1.15 bits per heavy atom. The molecule has 3 heteroatoms. The SMILES string of the molecule is c1ccc(-c2cc(-c3ccccc3)nc(-c3cccc(N4c5ccccc5C5c6c(sc7ccccc67)-c6ccccc6C54)c3)c2)cc1. The van der Waals surface area contributed by atoms with Crippen LogP contribution in [-0.4, -0.2) is 4.98 Å². The number of hydrogen-bond donors (Lipinski definition) is 0. The molecule has 3 heterocycles. The summed E-state index contributed by atoms with van der Waals surface area (Å²) in [7, 11) is 0. The predicted octanol–water partition coefficient (Wildman–Crippen LogP) is 12.3. The lowest BCUT2D eigenvalue weighted by Gasteiger charge is -2.36. The minimum absolute atomic E-state index is 0.142. The molecule has 226 valence electrons. The highest BCUT2D eigenvalue weighted by Crippen LogP contribution is 2.63. The van der Waals surface area contributed by atoms with Crippen LogP contribution in [0.1, 0.15) is 28.7 Å². The first-order valence-corrected chi connectivity index (χ1v) is 17.4. The van der Waals surface area contributed by atoms with E-state index in [2.05, 4.69) is 175 Å². The van der Waals surface area contributed by atoms with E-state index < -0.39 is 0 Å². The number of thiophene rings is 1. The van der Waals surface area contributed by atoms with Gasteiger partial charge in [0, 0.05) is 38.0 Å². The number of rotatable bonds is 4. The molecule has 1 aliphatic heterocycles. The minimum Gasteiger partial charge on any atom is -0.333 e. The number of hydrogen-bond acceptors (Lipinski definition) is 3. The van der Waals surface area contributed by atoms with Crippen LogP contribution in [0.15, 0.2) is 170 Å². The molecule has 0 radical (unpaired) electrons. The van der Waals surface area contributed by atoms with Gasteiger partial charge in [-0.25, -0.2) is 4.98 Å². The van der Waals surface area contributed by atoms with Gasteiger partial charge in [-0.1, -0.05) is 133 Å². The molecule has 0 saturated carbocycles. The molecule has 2 nitrogen and oxygen atoms in total. The van der Waals surface area contributed by atoms with E-state index in [1.165, 1.54) is 54.2 Å². The second kappa shape index (κ2) is 10.9. The van der Waals surface area contributed by atoms with Crippen LogP contribution in [0.2, 0.25) is 0 Å². The second-order valence-electron chi connectivity index (χ2n) is 12.7. The molecule has 0 spiro atoms. The summed E-state index contributed by atoms with van der Waals surface area (Å²) in [4.78, 5) is 9.27. The summed E-state index contributed by atoms with van der Waals surface area (Å²) >= 11 is 1.93. The van der Waals surface area contributed by atoms with Crippen molar-refractivity contribution < 1.29 is 0 Å². The largest absolute Gasteiger partial charge is 0.333 e. The first-order valence-electron chi connectivity index (χ1n) is 16.5. The summed E-state index contributed by atoms with van der Waals surface area (Å²) in [6.45, 7) is 0. The van der Waals surface area contributed by atoms with Crippen LogP contribution in [0, 0.1) is 0 Å². The van der Waals surface area contributed by atoms with E-state index in [9.17, 15) is 0 Å². The van der Waals surface area contributed by atoms with Crippen molar-refractivity contribution in [3.8, 4) is 44.1 Å². The maximum Gasteiger partial charge on any atom is 0.0716 e. The number of fused-ring (bicyclic) bond motifs is 10. The lowest BCUT2D eigenvalue weighted by molar-refractivity contribution is 0.656. The maximum atomic E-state index is 5.27. The van der Waals surface area contributed by atoms with Crippen LogP contribution in [0.4, 0.5) is 11.4 Å². The molecule has 2 aromatic heterocycles. The minimum atomic E-state index is 0.142. The fourth-order valence-electron chi connectivity index (χ4n) is 7.95. The van der Waals surface area contributed by atoms with E-state index >= 15 is 0 Å². The summed E-state index contributed by atoms with van der Waals surface area (Å²) in [5.74, 6) is 0.232. The zero-order valence-electron chi connectivity index (χ0n) is 26.1. The average Bonchev–Trinajstić information content (AvgIpc) is 3.72. The number of para-hydroxylation sites is 1. The highest BCUT2D eigenvalue weighted by molar-refractivity contribution is 7.22.